The SMILES string of the molecule is CC(NC(=O)c1cccs1)C(=O)NNC(=O)c1cc2c(s1)CCC(C(C)(C)C)C2. The number of carbonyl (C=O) groups is 3. The van der Waals surface area contributed by atoms with Crippen molar-refractivity contribution in [2.75, 3.05) is 0 Å². The molecule has 2 atom stereocenters. The van der Waals surface area contributed by atoms with Gasteiger partial charge in [-0.2, -0.15) is 0 Å². The van der Waals surface area contributed by atoms with Gasteiger partial charge in [0.2, 0.25) is 0 Å². The summed E-state index contributed by atoms with van der Waals surface area (Å²) in [6.45, 7) is 8.35. The maximum absolute atomic E-state index is 12.5. The third-order valence-corrected chi connectivity index (χ3v) is 7.42. The lowest BCUT2D eigenvalue weighted by atomic mass is 9.72. The molecule has 1 aliphatic rings. The van der Waals surface area contributed by atoms with Gasteiger partial charge in [-0.3, -0.25) is 25.2 Å². The molecule has 3 N–H and O–H groups in total. The fourth-order valence-corrected chi connectivity index (χ4v) is 5.13. The number of hydrazine groups is 1. The lowest BCUT2D eigenvalue weighted by Gasteiger charge is -2.33. The molecule has 3 amide bonds. The number of thiophene rings is 2. The van der Waals surface area contributed by atoms with E-state index in [0.717, 1.165) is 19.3 Å². The van der Waals surface area contributed by atoms with Gasteiger partial charge in [-0.25, -0.2) is 0 Å². The number of hydrogen-bond donors (Lipinski definition) is 3. The van der Waals surface area contributed by atoms with E-state index in [1.54, 1.807) is 24.4 Å². The van der Waals surface area contributed by atoms with Crippen LogP contribution in [0.15, 0.2) is 23.6 Å². The summed E-state index contributed by atoms with van der Waals surface area (Å²) >= 11 is 2.80. The first-order chi connectivity index (χ1) is 13.6. The van der Waals surface area contributed by atoms with Crippen LogP contribution >= 0.6 is 22.7 Å². The van der Waals surface area contributed by atoms with E-state index in [0.29, 0.717) is 15.7 Å². The van der Waals surface area contributed by atoms with Crippen LogP contribution in [0.2, 0.25) is 0 Å². The van der Waals surface area contributed by atoms with Gasteiger partial charge in [0, 0.05) is 4.88 Å². The Hall–Kier alpha value is -2.19. The fraction of sp³-hybridized carbons (Fsp3) is 0.476. The largest absolute Gasteiger partial charge is 0.340 e. The molecule has 0 aliphatic heterocycles. The van der Waals surface area contributed by atoms with Gasteiger partial charge in [-0.15, -0.1) is 22.7 Å². The Morgan fingerprint density at radius 2 is 1.90 bits per heavy atom. The molecular formula is C21H27N3O3S2. The summed E-state index contributed by atoms with van der Waals surface area (Å²) in [7, 11) is 0. The molecule has 2 aromatic rings. The summed E-state index contributed by atoms with van der Waals surface area (Å²) < 4.78 is 0. The quantitative estimate of drug-likeness (QED) is 0.645. The number of hydrogen-bond acceptors (Lipinski definition) is 5. The van der Waals surface area contributed by atoms with Crippen LogP contribution in [0.25, 0.3) is 0 Å². The Kier molecular flexibility index (Phi) is 6.43. The van der Waals surface area contributed by atoms with E-state index in [1.807, 2.05) is 6.07 Å². The van der Waals surface area contributed by atoms with Crippen molar-refractivity contribution >= 4 is 40.4 Å². The van der Waals surface area contributed by atoms with Gasteiger partial charge in [0.1, 0.15) is 6.04 Å². The number of fused-ring (bicyclic) bond motifs is 1. The molecular weight excluding hydrogens is 406 g/mol. The maximum Gasteiger partial charge on any atom is 0.279 e. The zero-order chi connectivity index (χ0) is 21.2. The fourth-order valence-electron chi connectivity index (χ4n) is 3.40. The minimum atomic E-state index is -0.769. The van der Waals surface area contributed by atoms with E-state index in [2.05, 4.69) is 36.9 Å². The predicted molar refractivity (Wildman–Crippen MR) is 116 cm³/mol. The van der Waals surface area contributed by atoms with Gasteiger partial charge < -0.3 is 5.32 Å². The second-order valence-corrected chi connectivity index (χ2v) is 10.6. The maximum atomic E-state index is 12.5. The molecule has 0 radical (unpaired) electrons. The molecule has 0 saturated heterocycles. The number of rotatable bonds is 4. The van der Waals surface area contributed by atoms with Crippen LogP contribution in [0.4, 0.5) is 0 Å². The van der Waals surface area contributed by atoms with Gasteiger partial charge in [0.15, 0.2) is 0 Å². The van der Waals surface area contributed by atoms with Crippen LogP contribution < -0.4 is 16.2 Å². The summed E-state index contributed by atoms with van der Waals surface area (Å²) in [5, 5.41) is 4.41. The lowest BCUT2D eigenvalue weighted by Crippen LogP contribution is -2.50. The van der Waals surface area contributed by atoms with Crippen molar-refractivity contribution in [3.05, 3.63) is 43.8 Å². The Morgan fingerprint density at radius 3 is 2.55 bits per heavy atom. The molecule has 1 aliphatic carbocycles. The molecule has 0 bridgehead atoms. The highest BCUT2D eigenvalue weighted by atomic mass is 32.1. The number of aryl methyl sites for hydroxylation is 1. The van der Waals surface area contributed by atoms with Crippen LogP contribution in [0.3, 0.4) is 0 Å². The highest BCUT2D eigenvalue weighted by molar-refractivity contribution is 7.14. The molecule has 8 heteroatoms. The van der Waals surface area contributed by atoms with Crippen LogP contribution in [0.1, 0.15) is 63.9 Å². The minimum absolute atomic E-state index is 0.250. The highest BCUT2D eigenvalue weighted by Crippen LogP contribution is 2.40. The molecule has 2 unspecified atom stereocenters. The van der Waals surface area contributed by atoms with E-state index in [9.17, 15) is 14.4 Å². The highest BCUT2D eigenvalue weighted by Gasteiger charge is 2.30. The summed E-state index contributed by atoms with van der Waals surface area (Å²) in [5.41, 5.74) is 6.36. The molecule has 0 spiro atoms. The molecule has 0 saturated carbocycles. The van der Waals surface area contributed by atoms with E-state index < -0.39 is 11.9 Å². The first-order valence-electron chi connectivity index (χ1n) is 9.71. The van der Waals surface area contributed by atoms with Crippen LogP contribution in [-0.2, 0) is 17.6 Å². The molecule has 0 aromatic carbocycles. The normalized spacial score (nSPS) is 17.2. The summed E-state index contributed by atoms with van der Waals surface area (Å²) in [4.78, 5) is 39.1. The van der Waals surface area contributed by atoms with Gasteiger partial charge in [-0.05, 0) is 60.6 Å². The lowest BCUT2D eigenvalue weighted by molar-refractivity contribution is -0.123. The van der Waals surface area contributed by atoms with E-state index in [1.165, 1.54) is 33.1 Å². The van der Waals surface area contributed by atoms with E-state index in [4.69, 9.17) is 0 Å². The summed E-state index contributed by atoms with van der Waals surface area (Å²) in [6.07, 6.45) is 3.12. The number of carbonyl (C=O) groups excluding carboxylic acids is 3. The Labute approximate surface area is 179 Å². The second kappa shape index (κ2) is 8.67. The molecule has 156 valence electrons. The first kappa shape index (κ1) is 21.5. The van der Waals surface area contributed by atoms with Gasteiger partial charge >= 0.3 is 0 Å². The Balaban J connectivity index is 1.53. The van der Waals surface area contributed by atoms with E-state index in [-0.39, 0.29) is 17.2 Å². The van der Waals surface area contributed by atoms with Crippen LogP contribution in [0, 0.1) is 11.3 Å². The third kappa shape index (κ3) is 5.25. The Bertz CT molecular complexity index is 897. The van der Waals surface area contributed by atoms with Crippen molar-refractivity contribution in [2.24, 2.45) is 11.3 Å². The topological polar surface area (TPSA) is 87.3 Å². The van der Waals surface area contributed by atoms with Crippen molar-refractivity contribution < 1.29 is 14.4 Å². The zero-order valence-corrected chi connectivity index (χ0v) is 18.8. The van der Waals surface area contributed by atoms with Gasteiger partial charge in [0.25, 0.3) is 17.7 Å². The molecule has 2 heterocycles. The third-order valence-electron chi connectivity index (χ3n) is 5.32. The van der Waals surface area contributed by atoms with Crippen LogP contribution in [-0.4, -0.2) is 23.8 Å². The number of nitrogens with one attached hydrogen (secondary N) is 3. The monoisotopic (exact) mass is 433 g/mol. The molecule has 0 fully saturated rings. The zero-order valence-electron chi connectivity index (χ0n) is 17.1. The Morgan fingerprint density at radius 1 is 1.14 bits per heavy atom. The van der Waals surface area contributed by atoms with Crippen LogP contribution in [0.5, 0.6) is 0 Å². The average Bonchev–Trinajstić information content (AvgIpc) is 3.33. The minimum Gasteiger partial charge on any atom is -0.340 e. The van der Waals surface area contributed by atoms with Gasteiger partial charge in [0.05, 0.1) is 9.75 Å². The second-order valence-electron chi connectivity index (χ2n) is 8.48. The average molecular weight is 434 g/mol. The molecule has 6 nitrogen and oxygen atoms in total. The van der Waals surface area contributed by atoms with Crippen molar-refractivity contribution in [1.82, 2.24) is 16.2 Å². The predicted octanol–water partition coefficient (Wildman–Crippen LogP) is 3.54. The van der Waals surface area contributed by atoms with Crippen molar-refractivity contribution in [3.8, 4) is 0 Å². The van der Waals surface area contributed by atoms with Crippen molar-refractivity contribution in [3.63, 3.8) is 0 Å². The summed E-state index contributed by atoms with van der Waals surface area (Å²) in [5.74, 6) is -0.513. The molecule has 29 heavy (non-hydrogen) atoms. The van der Waals surface area contributed by atoms with Crippen molar-refractivity contribution in [1.29, 1.82) is 0 Å². The first-order valence-corrected chi connectivity index (χ1v) is 11.4. The van der Waals surface area contributed by atoms with Gasteiger partial charge in [-0.1, -0.05) is 26.8 Å². The molecule has 3 rings (SSSR count). The van der Waals surface area contributed by atoms with E-state index >= 15 is 0 Å². The van der Waals surface area contributed by atoms with Crippen molar-refractivity contribution in [2.45, 2.75) is 53.0 Å². The molecule has 2 aromatic heterocycles. The smallest absolute Gasteiger partial charge is 0.279 e. The number of amides is 3. The summed E-state index contributed by atoms with van der Waals surface area (Å²) in [6, 6.07) is 4.64. The standard InChI is InChI=1S/C21H27N3O3S2/c1-12(22-19(26)16-6-5-9-28-16)18(25)23-24-20(27)17-11-13-10-14(21(2,3)4)7-8-15(13)29-17/h5-6,9,11-12,14H,7-8,10H2,1-4H3,(H,22,26)(H,23,25)(H,24,27).